The lowest BCUT2D eigenvalue weighted by Gasteiger charge is -2.36. The molecule has 0 radical (unpaired) electrons. The van der Waals surface area contributed by atoms with Crippen molar-refractivity contribution in [2.75, 3.05) is 38.5 Å². The Morgan fingerprint density at radius 3 is 2.33 bits per heavy atom. The Morgan fingerprint density at radius 2 is 1.74 bits per heavy atom. The smallest absolute Gasteiger partial charge is 0.238 e. The molecule has 5 N–H and O–H groups in total. The average Bonchev–Trinajstić information content (AvgIpc) is 2.63. The SMILES string of the molecule is CN1CCN(C(=N[C@H]2CCCC[C@@H]2N)Nc2ccc(S(N)(=O)=O)cc2)CC1. The van der Waals surface area contributed by atoms with Gasteiger partial charge in [0.25, 0.3) is 0 Å². The number of likely N-dealkylation sites (N-methyl/N-ethyl adjacent to an activating group) is 1. The normalized spacial score (nSPS) is 25.4. The highest BCUT2D eigenvalue weighted by molar-refractivity contribution is 7.89. The fourth-order valence-corrected chi connectivity index (χ4v) is 4.04. The van der Waals surface area contributed by atoms with E-state index < -0.39 is 10.0 Å². The Labute approximate surface area is 161 Å². The molecule has 1 saturated heterocycles. The number of rotatable bonds is 3. The Morgan fingerprint density at radius 1 is 1.11 bits per heavy atom. The topological polar surface area (TPSA) is 117 Å². The summed E-state index contributed by atoms with van der Waals surface area (Å²) in [7, 11) is -1.58. The van der Waals surface area contributed by atoms with Gasteiger partial charge in [-0.25, -0.2) is 18.5 Å². The first-order chi connectivity index (χ1) is 12.8. The minimum absolute atomic E-state index is 0.0905. The maximum atomic E-state index is 11.5. The highest BCUT2D eigenvalue weighted by Gasteiger charge is 2.24. The molecule has 1 aromatic carbocycles. The summed E-state index contributed by atoms with van der Waals surface area (Å²) in [5.41, 5.74) is 7.08. The van der Waals surface area contributed by atoms with Gasteiger partial charge in [0.15, 0.2) is 5.96 Å². The summed E-state index contributed by atoms with van der Waals surface area (Å²) in [6.07, 6.45) is 4.33. The van der Waals surface area contributed by atoms with E-state index in [1.165, 1.54) is 18.6 Å². The number of guanidine groups is 1. The van der Waals surface area contributed by atoms with Crippen LogP contribution in [0.4, 0.5) is 5.69 Å². The van der Waals surface area contributed by atoms with Gasteiger partial charge in [-0.1, -0.05) is 12.8 Å². The van der Waals surface area contributed by atoms with Crippen LogP contribution in [0.5, 0.6) is 0 Å². The number of anilines is 1. The molecule has 0 spiro atoms. The first-order valence-electron chi connectivity index (χ1n) is 9.50. The third-order valence-corrected chi connectivity index (χ3v) is 6.24. The van der Waals surface area contributed by atoms with Gasteiger partial charge >= 0.3 is 0 Å². The summed E-state index contributed by atoms with van der Waals surface area (Å²) in [6.45, 7) is 3.72. The molecule has 0 bridgehead atoms. The maximum Gasteiger partial charge on any atom is 0.238 e. The highest BCUT2D eigenvalue weighted by atomic mass is 32.2. The molecule has 2 atom stereocenters. The van der Waals surface area contributed by atoms with Gasteiger partial charge in [-0.3, -0.25) is 0 Å². The molecule has 1 aliphatic carbocycles. The fraction of sp³-hybridized carbons (Fsp3) is 0.611. The zero-order valence-electron chi connectivity index (χ0n) is 15.8. The molecular weight excluding hydrogens is 364 g/mol. The molecule has 3 rings (SSSR count). The largest absolute Gasteiger partial charge is 0.340 e. The highest BCUT2D eigenvalue weighted by Crippen LogP contribution is 2.21. The van der Waals surface area contributed by atoms with Crippen molar-refractivity contribution < 1.29 is 8.42 Å². The second-order valence-electron chi connectivity index (χ2n) is 7.45. The zero-order valence-corrected chi connectivity index (χ0v) is 16.7. The molecule has 1 aliphatic heterocycles. The first-order valence-corrected chi connectivity index (χ1v) is 11.0. The van der Waals surface area contributed by atoms with E-state index in [4.69, 9.17) is 15.9 Å². The summed E-state index contributed by atoms with van der Waals surface area (Å²) in [5, 5.41) is 8.55. The third-order valence-electron chi connectivity index (χ3n) is 5.31. The average molecular weight is 395 g/mol. The number of aliphatic imine (C=N–C) groups is 1. The van der Waals surface area contributed by atoms with Crippen molar-refractivity contribution in [3.05, 3.63) is 24.3 Å². The van der Waals surface area contributed by atoms with Crippen LogP contribution < -0.4 is 16.2 Å². The van der Waals surface area contributed by atoms with Crippen molar-refractivity contribution >= 4 is 21.7 Å². The van der Waals surface area contributed by atoms with E-state index in [1.54, 1.807) is 12.1 Å². The van der Waals surface area contributed by atoms with Gasteiger partial charge in [0.05, 0.1) is 10.9 Å². The second kappa shape index (κ2) is 8.55. The summed E-state index contributed by atoms with van der Waals surface area (Å²) >= 11 is 0. The Balaban J connectivity index is 1.80. The number of sulfonamides is 1. The summed E-state index contributed by atoms with van der Waals surface area (Å²) < 4.78 is 22.9. The molecule has 0 unspecified atom stereocenters. The minimum atomic E-state index is -3.70. The predicted octanol–water partition coefficient (Wildman–Crippen LogP) is 0.619. The minimum Gasteiger partial charge on any atom is -0.340 e. The number of primary sulfonamides is 1. The number of nitrogens with two attached hydrogens (primary N) is 2. The Bertz CT molecular complexity index is 757. The van der Waals surface area contributed by atoms with Crippen LogP contribution in [-0.2, 0) is 10.0 Å². The molecule has 9 heteroatoms. The number of piperazine rings is 1. The van der Waals surface area contributed by atoms with E-state index in [-0.39, 0.29) is 17.0 Å². The second-order valence-corrected chi connectivity index (χ2v) is 9.01. The summed E-state index contributed by atoms with van der Waals surface area (Å²) in [4.78, 5) is 9.61. The Kier molecular flexibility index (Phi) is 6.36. The van der Waals surface area contributed by atoms with E-state index in [2.05, 4.69) is 22.2 Å². The van der Waals surface area contributed by atoms with Crippen molar-refractivity contribution in [2.24, 2.45) is 15.9 Å². The molecule has 1 saturated carbocycles. The molecule has 27 heavy (non-hydrogen) atoms. The van der Waals surface area contributed by atoms with Gasteiger partial charge in [0.1, 0.15) is 0 Å². The molecule has 1 heterocycles. The van der Waals surface area contributed by atoms with Crippen molar-refractivity contribution in [3.8, 4) is 0 Å². The lowest BCUT2D eigenvalue weighted by atomic mass is 9.91. The molecule has 150 valence electrons. The molecule has 2 fully saturated rings. The van der Waals surface area contributed by atoms with Crippen LogP contribution in [-0.4, -0.2) is 69.5 Å². The zero-order chi connectivity index (χ0) is 19.4. The van der Waals surface area contributed by atoms with E-state index in [9.17, 15) is 8.42 Å². The Hall–Kier alpha value is -1.68. The van der Waals surface area contributed by atoms with E-state index in [1.807, 2.05) is 0 Å². The van der Waals surface area contributed by atoms with Gasteiger partial charge in [-0.05, 0) is 44.2 Å². The lowest BCUT2D eigenvalue weighted by molar-refractivity contribution is 0.214. The molecule has 0 amide bonds. The van der Waals surface area contributed by atoms with Gasteiger partial charge in [-0.2, -0.15) is 0 Å². The fourth-order valence-electron chi connectivity index (χ4n) is 3.53. The first kappa shape index (κ1) is 20.1. The van der Waals surface area contributed by atoms with Gasteiger partial charge in [-0.15, -0.1) is 0 Å². The van der Waals surface area contributed by atoms with Crippen LogP contribution in [0.15, 0.2) is 34.2 Å². The summed E-state index contributed by atoms with van der Waals surface area (Å²) in [5.74, 6) is 0.814. The molecular formula is C18H30N6O2S. The molecule has 0 aromatic heterocycles. The van der Waals surface area contributed by atoms with Gasteiger partial charge < -0.3 is 20.9 Å². The molecule has 1 aromatic rings. The van der Waals surface area contributed by atoms with Gasteiger partial charge in [0.2, 0.25) is 10.0 Å². The van der Waals surface area contributed by atoms with Crippen molar-refractivity contribution in [2.45, 2.75) is 42.7 Å². The quantitative estimate of drug-likeness (QED) is 0.511. The van der Waals surface area contributed by atoms with E-state index in [0.717, 1.165) is 57.1 Å². The summed E-state index contributed by atoms with van der Waals surface area (Å²) in [6, 6.07) is 6.65. The number of hydrogen-bond acceptors (Lipinski definition) is 5. The molecule has 8 nitrogen and oxygen atoms in total. The van der Waals surface area contributed by atoms with Crippen LogP contribution in [0, 0.1) is 0 Å². The number of hydrogen-bond donors (Lipinski definition) is 3. The number of nitrogens with one attached hydrogen (secondary N) is 1. The van der Waals surface area contributed by atoms with Crippen molar-refractivity contribution in [3.63, 3.8) is 0 Å². The van der Waals surface area contributed by atoms with E-state index >= 15 is 0 Å². The van der Waals surface area contributed by atoms with E-state index in [0.29, 0.717) is 0 Å². The van der Waals surface area contributed by atoms with Crippen LogP contribution in [0.25, 0.3) is 0 Å². The third kappa shape index (κ3) is 5.41. The number of nitrogens with zero attached hydrogens (tertiary/aromatic N) is 3. The standard InChI is InChI=1S/C18H30N6O2S/c1-23-10-12-24(13-11-23)18(22-17-5-3-2-4-16(17)19)21-14-6-8-15(9-7-14)27(20,25)26/h6-9,16-17H,2-5,10-13,19H2,1H3,(H,21,22)(H2,20,25,26)/t16-,17-/m0/s1. The molecule has 2 aliphatic rings. The predicted molar refractivity (Wildman–Crippen MR) is 108 cm³/mol. The number of benzene rings is 1. The monoisotopic (exact) mass is 394 g/mol. The van der Waals surface area contributed by atoms with Gasteiger partial charge in [0, 0.05) is 37.9 Å². The maximum absolute atomic E-state index is 11.5. The van der Waals surface area contributed by atoms with Crippen LogP contribution in [0.2, 0.25) is 0 Å². The van der Waals surface area contributed by atoms with Crippen LogP contribution in [0.1, 0.15) is 25.7 Å². The van der Waals surface area contributed by atoms with Crippen molar-refractivity contribution in [1.29, 1.82) is 0 Å². The van der Waals surface area contributed by atoms with Crippen LogP contribution >= 0.6 is 0 Å². The van der Waals surface area contributed by atoms with Crippen molar-refractivity contribution in [1.82, 2.24) is 9.80 Å². The van der Waals surface area contributed by atoms with Crippen LogP contribution in [0.3, 0.4) is 0 Å². The lowest BCUT2D eigenvalue weighted by Crippen LogP contribution is -2.50.